The lowest BCUT2D eigenvalue weighted by atomic mass is 9.45. The van der Waals surface area contributed by atoms with Gasteiger partial charge in [0.1, 0.15) is 0 Å². The first kappa shape index (κ1) is 24.5. The minimum atomic E-state index is -4.38. The number of aromatic nitrogens is 1. The van der Waals surface area contributed by atoms with Crippen molar-refractivity contribution in [1.82, 2.24) is 4.98 Å². The third kappa shape index (κ3) is 4.92. The van der Waals surface area contributed by atoms with E-state index in [4.69, 9.17) is 14.3 Å². The fourth-order valence-corrected chi connectivity index (χ4v) is 8.53. The molecule has 182 valence electrons. The van der Waals surface area contributed by atoms with Crippen LogP contribution in [0, 0.1) is 34.5 Å². The highest BCUT2D eigenvalue weighted by Gasteiger charge is 2.60. The number of rotatable bonds is 3. The van der Waals surface area contributed by atoms with Gasteiger partial charge in [0, 0.05) is 23.3 Å². The molecule has 0 aliphatic heterocycles. The summed E-state index contributed by atoms with van der Waals surface area (Å²) in [6.45, 7) is 4.74. The van der Waals surface area contributed by atoms with Gasteiger partial charge in [0.15, 0.2) is 0 Å². The molecule has 4 aliphatic rings. The molecule has 0 radical (unpaired) electrons. The first-order valence-corrected chi connectivity index (χ1v) is 13.6. The van der Waals surface area contributed by atoms with Gasteiger partial charge in [-0.05, 0) is 110 Å². The smallest absolute Gasteiger partial charge is 0.265 e. The molecule has 4 fully saturated rings. The monoisotopic (exact) mass is 476 g/mol. The summed E-state index contributed by atoms with van der Waals surface area (Å²) in [4.78, 5) is 6.90. The number of hydrogen-bond donors (Lipinski definition) is 1. The summed E-state index contributed by atoms with van der Waals surface area (Å²) in [5.41, 5.74) is 9.31. The molecule has 1 N–H and O–H groups in total. The summed E-state index contributed by atoms with van der Waals surface area (Å²) in [6.07, 6.45) is 12.2. The van der Waals surface area contributed by atoms with Crippen LogP contribution in [0.4, 0.5) is 0 Å². The highest BCUT2D eigenvalue weighted by molar-refractivity contribution is 7.80. The molecular weight excluding hydrogens is 440 g/mol. The van der Waals surface area contributed by atoms with Crippen molar-refractivity contribution in [3.8, 4) is 0 Å². The predicted molar refractivity (Wildman–Crippen MR) is 125 cm³/mol. The molecule has 1 aromatic heterocycles. The van der Waals surface area contributed by atoms with Gasteiger partial charge >= 0.3 is 10.4 Å². The Labute approximate surface area is 197 Å². The van der Waals surface area contributed by atoms with Gasteiger partial charge in [0.05, 0.1) is 6.10 Å². The van der Waals surface area contributed by atoms with E-state index in [1.165, 1.54) is 12.8 Å². The standard InChI is InChI=1S/C19H31N3O4S.C5H5N/c1-18-9-7-13(26-27(23,24)25)11-12(18)3-4-14-15-5-6-17(21-22-20)19(15,2)10-8-16(14)18;1-2-4-6-5-3-1/h12-17H,3-11H2,1-2H3,(H,23,24,25);1-5H/t12-,13-,14+,15+,16+,17-,18+,19+;/m1./s1. The normalized spacial score (nSPS) is 41.9. The van der Waals surface area contributed by atoms with E-state index in [0.717, 1.165) is 38.5 Å². The molecule has 9 heteroatoms. The van der Waals surface area contributed by atoms with Crippen LogP contribution in [0.1, 0.15) is 71.6 Å². The third-order valence-corrected chi connectivity index (χ3v) is 10.1. The molecule has 4 aliphatic carbocycles. The number of nitrogens with zero attached hydrogens (tertiary/aromatic N) is 4. The summed E-state index contributed by atoms with van der Waals surface area (Å²) in [5.74, 6) is 2.43. The van der Waals surface area contributed by atoms with E-state index in [2.05, 4.69) is 28.9 Å². The predicted octanol–water partition coefficient (Wildman–Crippen LogP) is 5.98. The Balaban J connectivity index is 0.000000376. The minimum Gasteiger partial charge on any atom is -0.265 e. The molecule has 0 amide bonds. The lowest BCUT2D eigenvalue weighted by molar-refractivity contribution is -0.119. The van der Waals surface area contributed by atoms with Crippen molar-refractivity contribution in [2.75, 3.05) is 0 Å². The van der Waals surface area contributed by atoms with E-state index in [-0.39, 0.29) is 23.0 Å². The van der Waals surface area contributed by atoms with Crippen LogP contribution in [0.3, 0.4) is 0 Å². The van der Waals surface area contributed by atoms with Crippen LogP contribution in [-0.2, 0) is 14.6 Å². The van der Waals surface area contributed by atoms with Crippen molar-refractivity contribution in [2.45, 2.75) is 83.8 Å². The van der Waals surface area contributed by atoms with Crippen molar-refractivity contribution >= 4 is 10.4 Å². The summed E-state index contributed by atoms with van der Waals surface area (Å²) in [7, 11) is -4.38. The molecule has 0 bridgehead atoms. The summed E-state index contributed by atoms with van der Waals surface area (Å²) < 4.78 is 36.2. The molecular formula is C24H36N4O4S. The number of azide groups is 1. The Hall–Kier alpha value is -1.67. The van der Waals surface area contributed by atoms with Gasteiger partial charge in [-0.15, -0.1) is 0 Å². The Kier molecular flexibility index (Phi) is 7.06. The van der Waals surface area contributed by atoms with Crippen LogP contribution >= 0.6 is 0 Å². The molecule has 0 spiro atoms. The lowest BCUT2D eigenvalue weighted by Crippen LogP contribution is -2.54. The Bertz CT molecular complexity index is 943. The Morgan fingerprint density at radius 1 is 1.00 bits per heavy atom. The quantitative estimate of drug-likeness (QED) is 0.249. The largest absolute Gasteiger partial charge is 0.397 e. The molecule has 33 heavy (non-hydrogen) atoms. The zero-order valence-corrected chi connectivity index (χ0v) is 20.4. The summed E-state index contributed by atoms with van der Waals surface area (Å²) in [6, 6.07) is 5.85. The van der Waals surface area contributed by atoms with Crippen LogP contribution in [0.5, 0.6) is 0 Å². The molecule has 8 nitrogen and oxygen atoms in total. The molecule has 0 saturated heterocycles. The second-order valence-corrected chi connectivity index (χ2v) is 12.0. The van der Waals surface area contributed by atoms with Gasteiger partial charge in [-0.1, -0.05) is 25.0 Å². The lowest BCUT2D eigenvalue weighted by Gasteiger charge is -2.60. The minimum absolute atomic E-state index is 0.137. The maximum Gasteiger partial charge on any atom is 0.397 e. The SMILES string of the molecule is C[C@]12CC[C@@H](OS(=O)(=O)O)C[C@H]1CC[C@@H]1[C@@H]2CC[C@]2(C)[C@H](N=[N+]=[N-])CC[C@@H]12.c1ccncc1. The van der Waals surface area contributed by atoms with E-state index in [9.17, 15) is 8.42 Å². The van der Waals surface area contributed by atoms with E-state index in [1.54, 1.807) is 12.4 Å². The number of fused-ring (bicyclic) bond motifs is 5. The molecule has 8 atom stereocenters. The van der Waals surface area contributed by atoms with Crippen molar-refractivity contribution in [3.63, 3.8) is 0 Å². The number of pyridine rings is 1. The van der Waals surface area contributed by atoms with Crippen LogP contribution in [-0.4, -0.2) is 30.1 Å². The van der Waals surface area contributed by atoms with Crippen LogP contribution in [0.25, 0.3) is 10.4 Å². The fraction of sp³-hybridized carbons (Fsp3) is 0.792. The Morgan fingerprint density at radius 2 is 1.70 bits per heavy atom. The Morgan fingerprint density at radius 3 is 2.30 bits per heavy atom. The van der Waals surface area contributed by atoms with Gasteiger partial charge in [-0.3, -0.25) is 9.54 Å². The third-order valence-electron chi connectivity index (χ3n) is 9.58. The van der Waals surface area contributed by atoms with Gasteiger partial charge < -0.3 is 0 Å². The van der Waals surface area contributed by atoms with E-state index in [0.29, 0.717) is 30.1 Å². The second kappa shape index (κ2) is 9.53. The summed E-state index contributed by atoms with van der Waals surface area (Å²) >= 11 is 0. The second-order valence-electron chi connectivity index (χ2n) is 10.9. The average molecular weight is 477 g/mol. The summed E-state index contributed by atoms with van der Waals surface area (Å²) in [5, 5.41) is 4.14. The topological polar surface area (TPSA) is 125 Å². The molecule has 4 saturated carbocycles. The van der Waals surface area contributed by atoms with Gasteiger partial charge in [0.2, 0.25) is 0 Å². The van der Waals surface area contributed by atoms with Crippen LogP contribution in [0.2, 0.25) is 0 Å². The zero-order chi connectivity index (χ0) is 23.7. The van der Waals surface area contributed by atoms with Gasteiger partial charge in [0.25, 0.3) is 0 Å². The van der Waals surface area contributed by atoms with Crippen molar-refractivity contribution in [3.05, 3.63) is 41.0 Å². The van der Waals surface area contributed by atoms with E-state index < -0.39 is 10.4 Å². The van der Waals surface area contributed by atoms with Crippen LogP contribution < -0.4 is 0 Å². The zero-order valence-electron chi connectivity index (χ0n) is 19.6. The maximum absolute atomic E-state index is 11.1. The van der Waals surface area contributed by atoms with Crippen LogP contribution in [0.15, 0.2) is 35.7 Å². The highest BCUT2D eigenvalue weighted by Crippen LogP contribution is 2.66. The fourth-order valence-electron chi connectivity index (χ4n) is 8.02. The first-order valence-electron chi connectivity index (χ1n) is 12.2. The first-order chi connectivity index (χ1) is 15.7. The average Bonchev–Trinajstić information content (AvgIpc) is 3.11. The van der Waals surface area contributed by atoms with E-state index >= 15 is 0 Å². The maximum atomic E-state index is 11.1. The number of hydrogen-bond acceptors (Lipinski definition) is 5. The van der Waals surface area contributed by atoms with Crippen molar-refractivity contribution < 1.29 is 17.2 Å². The molecule has 1 heterocycles. The van der Waals surface area contributed by atoms with Gasteiger partial charge in [-0.2, -0.15) is 8.42 Å². The molecule has 0 unspecified atom stereocenters. The molecule has 1 aromatic rings. The molecule has 5 rings (SSSR count). The highest BCUT2D eigenvalue weighted by atomic mass is 32.3. The van der Waals surface area contributed by atoms with Crippen molar-refractivity contribution in [2.24, 2.45) is 39.6 Å². The molecule has 0 aromatic carbocycles. The van der Waals surface area contributed by atoms with Crippen molar-refractivity contribution in [1.29, 1.82) is 0 Å². The van der Waals surface area contributed by atoms with E-state index in [1.807, 2.05) is 18.2 Å². The van der Waals surface area contributed by atoms with Gasteiger partial charge in [-0.25, -0.2) is 4.18 Å².